The Hall–Kier alpha value is -6.79. The molecule has 1 aromatic carbocycles. The Balaban J connectivity index is 2.27. The maximum absolute atomic E-state index is 14.0. The van der Waals surface area contributed by atoms with Crippen LogP contribution in [0.3, 0.4) is 0 Å². The highest BCUT2D eigenvalue weighted by Crippen LogP contribution is 2.20. The number of hydrogen-bond acceptors (Lipinski definition) is 13. The van der Waals surface area contributed by atoms with Crippen LogP contribution < -0.4 is 43.4 Å². The number of nitro groups is 1. The van der Waals surface area contributed by atoms with Gasteiger partial charge in [-0.1, -0.05) is 46.8 Å². The number of rotatable bonds is 27. The second-order valence-electron chi connectivity index (χ2n) is 17.1. The predicted molar refractivity (Wildman–Crippen MR) is 236 cm³/mol. The Bertz CT molecular complexity index is 2060. The van der Waals surface area contributed by atoms with E-state index in [2.05, 4.69) is 47.2 Å². The Morgan fingerprint density at radius 2 is 1.35 bits per heavy atom. The molecule has 1 heterocycles. The van der Waals surface area contributed by atoms with Crippen LogP contribution in [-0.2, 0) is 35.3 Å². The molecule has 2 aromatic rings. The number of nitrogens with one attached hydrogen (secondary N) is 6. The number of amides is 6. The van der Waals surface area contributed by atoms with Crippen LogP contribution in [0.5, 0.6) is 0 Å². The lowest BCUT2D eigenvalue weighted by Crippen LogP contribution is -2.59. The highest BCUT2D eigenvalue weighted by molar-refractivity contribution is 5.96. The zero-order valence-corrected chi connectivity index (χ0v) is 38.4. The van der Waals surface area contributed by atoms with Crippen LogP contribution in [0, 0.1) is 33.7 Å². The Morgan fingerprint density at radius 1 is 0.803 bits per heavy atom. The molecule has 0 saturated heterocycles. The van der Waals surface area contributed by atoms with Crippen molar-refractivity contribution in [1.29, 1.82) is 0 Å². The van der Waals surface area contributed by atoms with Crippen molar-refractivity contribution < 1.29 is 53.1 Å². The molecule has 12 N–H and O–H groups in total. The van der Waals surface area contributed by atoms with Crippen LogP contribution >= 0.6 is 0 Å². The predicted octanol–water partition coefficient (Wildman–Crippen LogP) is -0.102. The molecule has 0 radical (unpaired) electrons. The number of aliphatic hydroxyl groups is 1. The van der Waals surface area contributed by atoms with Crippen LogP contribution in [0.15, 0.2) is 29.4 Å². The summed E-state index contributed by atoms with van der Waals surface area (Å²) in [6.45, 7) is 13.3. The number of aliphatic imine (C=N–C) groups is 1. The number of aliphatic hydroxyl groups excluding tert-OH is 1. The molecule has 0 saturated carbocycles. The van der Waals surface area contributed by atoms with E-state index in [9.17, 15) is 58.3 Å². The second kappa shape index (κ2) is 26.2. The number of guanidine groups is 1. The van der Waals surface area contributed by atoms with E-state index in [0.717, 1.165) is 18.2 Å². The van der Waals surface area contributed by atoms with Gasteiger partial charge < -0.3 is 53.6 Å². The summed E-state index contributed by atoms with van der Waals surface area (Å²) < 4.78 is 15.0. The summed E-state index contributed by atoms with van der Waals surface area (Å²) in [6, 6.07) is -4.98. The molecule has 7 atom stereocenters. The largest absolute Gasteiger partial charge is 0.480 e. The number of nitrogens with two attached hydrogens (primary N) is 2. The van der Waals surface area contributed by atoms with Crippen molar-refractivity contribution in [3.05, 3.63) is 51.6 Å². The van der Waals surface area contributed by atoms with Crippen molar-refractivity contribution in [2.24, 2.45) is 34.2 Å². The lowest BCUT2D eigenvalue weighted by Gasteiger charge is -2.28. The average molecular weight is 933 g/mol. The zero-order chi connectivity index (χ0) is 50.0. The van der Waals surface area contributed by atoms with E-state index in [1.54, 1.807) is 27.7 Å². The van der Waals surface area contributed by atoms with Crippen LogP contribution in [0.25, 0.3) is 0 Å². The molecule has 6 amide bonds. The van der Waals surface area contributed by atoms with Gasteiger partial charge in [0.2, 0.25) is 35.4 Å². The first kappa shape index (κ1) is 55.3. The van der Waals surface area contributed by atoms with Gasteiger partial charge in [-0.25, -0.2) is 9.48 Å². The minimum Gasteiger partial charge on any atom is -0.480 e. The smallest absolute Gasteiger partial charge is 0.328 e. The summed E-state index contributed by atoms with van der Waals surface area (Å²) >= 11 is 0. The van der Waals surface area contributed by atoms with Crippen molar-refractivity contribution in [3.8, 4) is 0 Å². The summed E-state index contributed by atoms with van der Waals surface area (Å²) in [4.78, 5) is 107. The number of benzene rings is 1. The average Bonchev–Trinajstić information content (AvgIpc) is 3.69. The molecular weight excluding hydrogens is 869 g/mol. The number of carboxylic acid groups (broad SMARTS) is 1. The number of carbonyl (C=O) groups excluding carboxylic acids is 6. The number of carbonyl (C=O) groups is 7. The van der Waals surface area contributed by atoms with Gasteiger partial charge in [-0.15, -0.1) is 5.10 Å². The fraction of sp³-hybridized carbons (Fsp3) is 0.610. The summed E-state index contributed by atoms with van der Waals surface area (Å²) in [5.74, 6) is -7.75. The Kier molecular flexibility index (Phi) is 22.0. The Labute approximate surface area is 381 Å². The van der Waals surface area contributed by atoms with Gasteiger partial charge in [0.1, 0.15) is 35.9 Å². The normalized spacial score (nSPS) is 14.4. The number of aliphatic carboxylic acids is 1. The molecule has 1 aromatic heterocycles. The molecule has 24 nitrogen and oxygen atoms in total. The molecule has 0 spiro atoms. The number of halogens is 1. The minimum absolute atomic E-state index is 0.0222. The Morgan fingerprint density at radius 3 is 1.86 bits per heavy atom. The van der Waals surface area contributed by atoms with Gasteiger partial charge >= 0.3 is 11.7 Å². The number of carboxylic acids is 1. The van der Waals surface area contributed by atoms with E-state index in [0.29, 0.717) is 0 Å². The van der Waals surface area contributed by atoms with Crippen LogP contribution in [0.4, 0.5) is 10.1 Å². The molecule has 25 heteroatoms. The van der Waals surface area contributed by atoms with Gasteiger partial charge in [0, 0.05) is 18.2 Å². The minimum atomic E-state index is -1.65. The lowest BCUT2D eigenvalue weighted by molar-refractivity contribution is -0.387. The summed E-state index contributed by atoms with van der Waals surface area (Å²) in [5.41, 5.74) is 10.1. The van der Waals surface area contributed by atoms with Crippen LogP contribution in [-0.4, -0.2) is 120 Å². The van der Waals surface area contributed by atoms with E-state index in [-0.39, 0.29) is 80.2 Å². The molecule has 0 aliphatic carbocycles. The van der Waals surface area contributed by atoms with Crippen LogP contribution in [0.1, 0.15) is 110 Å². The van der Waals surface area contributed by atoms with Gasteiger partial charge in [-0.05, 0) is 75.8 Å². The van der Waals surface area contributed by atoms with Crippen molar-refractivity contribution in [2.75, 3.05) is 6.54 Å². The van der Waals surface area contributed by atoms with Crippen molar-refractivity contribution in [3.63, 3.8) is 0 Å². The molecule has 0 fully saturated rings. The second-order valence-corrected chi connectivity index (χ2v) is 17.1. The quantitative estimate of drug-likeness (QED) is 0.0184. The lowest BCUT2D eigenvalue weighted by atomic mass is 9.99. The molecule has 0 aliphatic heterocycles. The molecule has 0 unspecified atom stereocenters. The van der Waals surface area contributed by atoms with Crippen molar-refractivity contribution in [1.82, 2.24) is 46.9 Å². The first-order valence-electron chi connectivity index (χ1n) is 21.4. The van der Waals surface area contributed by atoms with E-state index in [1.165, 1.54) is 24.7 Å². The summed E-state index contributed by atoms with van der Waals surface area (Å²) in [7, 11) is 0. The first-order valence-corrected chi connectivity index (χ1v) is 21.4. The standard InChI is InChI=1S/C41H64FN13O11/c1-20(2)14-29(37(60)50-30(15-21(3)4)38(61)51-33(24(8)56)40(63)64)49-36(59)28(10-9-13-45-41(43)44)48-34(57)23(7)47-39(62)32(16-22(5)6)54-19-26(52-53-54)18-46-35(58)25-11-12-27(42)31(17-25)55(65)66/h11-12,17,19-24,28-30,32-33,56H,9-10,13-16,18H2,1-8H3,(H,46,58)(H,47,62)(H,48,57)(H,49,59)(H,50,60)(H,51,61)(H,63,64)(H4,43,44,45)/t23-,24+,28-,29-,30-,32-,33-/m0/s1/i42-1. The SMILES string of the molecule is CC(C)C[C@H](NC(=O)[C@H](CCCN=C(N)N)NC(=O)[C@H](C)NC(=O)[C@H](CC(C)C)n1cc(CNC(=O)c2ccc([18F])c([N+](=O)[O-])c2)nn1)C(=O)N[C@@H](CC(C)C)C(=O)N[C@H](C(=O)O)[C@@H](C)O. The van der Waals surface area contributed by atoms with Gasteiger partial charge in [0.25, 0.3) is 5.91 Å². The maximum atomic E-state index is 14.0. The van der Waals surface area contributed by atoms with Gasteiger partial charge in [0.05, 0.1) is 23.8 Å². The topological polar surface area (TPSA) is 370 Å². The summed E-state index contributed by atoms with van der Waals surface area (Å²) in [5, 5.41) is 53.9. The molecular formula is C41H64FN13O11. The maximum Gasteiger partial charge on any atom is 0.328 e. The fourth-order valence-corrected chi connectivity index (χ4v) is 6.43. The van der Waals surface area contributed by atoms with E-state index in [4.69, 9.17) is 11.5 Å². The molecule has 0 aliphatic rings. The third-order valence-corrected chi connectivity index (χ3v) is 9.77. The molecule has 2 rings (SSSR count). The van der Waals surface area contributed by atoms with E-state index in [1.807, 2.05) is 13.8 Å². The summed E-state index contributed by atoms with van der Waals surface area (Å²) in [6.07, 6.45) is 0.518. The number of nitro benzene ring substituents is 1. The third kappa shape index (κ3) is 18.4. The molecule has 66 heavy (non-hydrogen) atoms. The number of hydrogen-bond donors (Lipinski definition) is 10. The third-order valence-electron chi connectivity index (χ3n) is 9.77. The molecule has 366 valence electrons. The van der Waals surface area contributed by atoms with Gasteiger partial charge in [0.15, 0.2) is 12.0 Å². The first-order chi connectivity index (χ1) is 30.8. The number of nitrogens with zero attached hydrogens (tertiary/aromatic N) is 5. The van der Waals surface area contributed by atoms with E-state index < -0.39 is 100 Å². The number of aromatic nitrogens is 3. The van der Waals surface area contributed by atoms with Crippen molar-refractivity contribution >= 4 is 53.1 Å². The van der Waals surface area contributed by atoms with Crippen LogP contribution in [0.2, 0.25) is 0 Å². The monoisotopic (exact) mass is 932 g/mol. The van der Waals surface area contributed by atoms with E-state index >= 15 is 0 Å². The van der Waals surface area contributed by atoms with Crippen molar-refractivity contribution in [2.45, 2.75) is 136 Å². The fourth-order valence-electron chi connectivity index (χ4n) is 6.43. The highest BCUT2D eigenvalue weighted by Gasteiger charge is 2.34. The zero-order valence-electron chi connectivity index (χ0n) is 38.4. The van der Waals surface area contributed by atoms with Gasteiger partial charge in [-0.3, -0.25) is 43.9 Å². The molecule has 0 bridgehead atoms. The van der Waals surface area contributed by atoms with Gasteiger partial charge in [-0.2, -0.15) is 4.39 Å². The highest BCUT2D eigenvalue weighted by atomic mass is 18.2.